The molecule has 1 aromatic heterocycles. The molecule has 0 saturated carbocycles. The number of hydrogen-bond donors (Lipinski definition) is 2. The lowest BCUT2D eigenvalue weighted by Crippen LogP contribution is -2.45. The maximum atomic E-state index is 12.2. The van der Waals surface area contributed by atoms with Crippen molar-refractivity contribution >= 4 is 5.91 Å². The molecule has 1 atom stereocenters. The average Bonchev–Trinajstić information content (AvgIpc) is 2.91. The third kappa shape index (κ3) is 2.09. The van der Waals surface area contributed by atoms with E-state index in [0.29, 0.717) is 18.2 Å². The molecule has 17 heavy (non-hydrogen) atoms. The molecule has 0 aromatic carbocycles. The zero-order valence-corrected chi connectivity index (χ0v) is 9.98. The molecule has 3 rings (SSSR count). The van der Waals surface area contributed by atoms with Crippen molar-refractivity contribution in [3.05, 3.63) is 24.0 Å². The number of carbonyl (C=O) groups excluding carboxylic acids is 1. The summed E-state index contributed by atoms with van der Waals surface area (Å²) in [6, 6.07) is 4.37. The number of aromatic nitrogens is 1. The zero-order valence-electron chi connectivity index (χ0n) is 9.98. The summed E-state index contributed by atoms with van der Waals surface area (Å²) >= 11 is 0. The number of nitrogens with zero attached hydrogens (tertiary/aromatic N) is 1. The van der Waals surface area contributed by atoms with Crippen LogP contribution in [0, 0.1) is 5.92 Å². The van der Waals surface area contributed by atoms with Crippen LogP contribution >= 0.6 is 0 Å². The Morgan fingerprint density at radius 3 is 3.00 bits per heavy atom. The standard InChI is InChI=1S/C13H19N3O/c17-13(7-10-8-14-9-10)16-6-2-4-12(16)11-3-1-5-15-11/h1,3,5,10,12,14-15H,2,4,6-9H2. The van der Waals surface area contributed by atoms with Gasteiger partial charge in [0.05, 0.1) is 6.04 Å². The highest BCUT2D eigenvalue weighted by atomic mass is 16.2. The van der Waals surface area contributed by atoms with Crippen LogP contribution < -0.4 is 5.32 Å². The molecule has 2 aliphatic rings. The van der Waals surface area contributed by atoms with Gasteiger partial charge in [0.2, 0.25) is 5.91 Å². The van der Waals surface area contributed by atoms with Gasteiger partial charge in [0.15, 0.2) is 0 Å². The molecule has 2 aliphatic heterocycles. The lowest BCUT2D eigenvalue weighted by atomic mass is 9.98. The second-order valence-electron chi connectivity index (χ2n) is 5.10. The van der Waals surface area contributed by atoms with E-state index in [1.54, 1.807) is 0 Å². The first-order valence-electron chi connectivity index (χ1n) is 6.48. The highest BCUT2D eigenvalue weighted by Gasteiger charge is 2.32. The molecule has 0 aliphatic carbocycles. The van der Waals surface area contributed by atoms with E-state index in [1.807, 2.05) is 12.3 Å². The van der Waals surface area contributed by atoms with E-state index < -0.39 is 0 Å². The predicted molar refractivity (Wildman–Crippen MR) is 65.5 cm³/mol. The van der Waals surface area contributed by atoms with E-state index in [-0.39, 0.29) is 6.04 Å². The minimum Gasteiger partial charge on any atom is -0.363 e. The fourth-order valence-corrected chi connectivity index (χ4v) is 2.80. The van der Waals surface area contributed by atoms with E-state index in [1.165, 1.54) is 5.69 Å². The monoisotopic (exact) mass is 233 g/mol. The van der Waals surface area contributed by atoms with Crippen LogP contribution in [0.1, 0.15) is 31.0 Å². The Bertz CT molecular complexity index is 383. The van der Waals surface area contributed by atoms with Gasteiger partial charge in [-0.3, -0.25) is 4.79 Å². The Morgan fingerprint density at radius 1 is 1.47 bits per heavy atom. The highest BCUT2D eigenvalue weighted by molar-refractivity contribution is 5.77. The van der Waals surface area contributed by atoms with Gasteiger partial charge >= 0.3 is 0 Å². The molecule has 0 spiro atoms. The maximum absolute atomic E-state index is 12.2. The van der Waals surface area contributed by atoms with Gasteiger partial charge in [-0.2, -0.15) is 0 Å². The molecule has 2 saturated heterocycles. The Morgan fingerprint density at radius 2 is 2.35 bits per heavy atom. The minimum absolute atomic E-state index is 0.283. The van der Waals surface area contributed by atoms with Crippen molar-refractivity contribution in [3.8, 4) is 0 Å². The van der Waals surface area contributed by atoms with Crippen LogP contribution in [0.4, 0.5) is 0 Å². The van der Waals surface area contributed by atoms with Crippen molar-refractivity contribution in [3.63, 3.8) is 0 Å². The van der Waals surface area contributed by atoms with Gasteiger partial charge < -0.3 is 15.2 Å². The van der Waals surface area contributed by atoms with Gasteiger partial charge in [-0.15, -0.1) is 0 Å². The average molecular weight is 233 g/mol. The van der Waals surface area contributed by atoms with Gasteiger partial charge in [0.25, 0.3) is 0 Å². The molecule has 0 radical (unpaired) electrons. The first-order chi connectivity index (χ1) is 8.34. The molecule has 0 bridgehead atoms. The topological polar surface area (TPSA) is 48.1 Å². The van der Waals surface area contributed by atoms with E-state index in [2.05, 4.69) is 21.3 Å². The van der Waals surface area contributed by atoms with Gasteiger partial charge in [-0.05, 0) is 44.0 Å². The zero-order chi connectivity index (χ0) is 11.7. The van der Waals surface area contributed by atoms with Crippen molar-refractivity contribution in [2.24, 2.45) is 5.92 Å². The number of H-pyrrole nitrogens is 1. The van der Waals surface area contributed by atoms with Crippen LogP contribution in [-0.2, 0) is 4.79 Å². The summed E-state index contributed by atoms with van der Waals surface area (Å²) in [5.41, 5.74) is 1.18. The van der Waals surface area contributed by atoms with Gasteiger partial charge in [-0.25, -0.2) is 0 Å². The molecular weight excluding hydrogens is 214 g/mol. The fourth-order valence-electron chi connectivity index (χ4n) is 2.80. The summed E-state index contributed by atoms with van der Waals surface area (Å²) in [5, 5.41) is 3.22. The molecule has 4 heteroatoms. The number of rotatable bonds is 3. The quantitative estimate of drug-likeness (QED) is 0.826. The molecule has 2 fully saturated rings. The molecule has 1 aromatic rings. The third-order valence-electron chi connectivity index (χ3n) is 3.88. The Balaban J connectivity index is 1.66. The summed E-state index contributed by atoms with van der Waals surface area (Å²) in [4.78, 5) is 17.5. The lowest BCUT2D eigenvalue weighted by molar-refractivity contribution is -0.133. The normalized spacial score (nSPS) is 24.9. The summed E-state index contributed by atoms with van der Waals surface area (Å²) < 4.78 is 0. The molecule has 2 N–H and O–H groups in total. The summed E-state index contributed by atoms with van der Waals surface area (Å²) in [6.07, 6.45) is 4.86. The smallest absolute Gasteiger partial charge is 0.223 e. The molecule has 4 nitrogen and oxygen atoms in total. The van der Waals surface area contributed by atoms with E-state index >= 15 is 0 Å². The van der Waals surface area contributed by atoms with Gasteiger partial charge in [-0.1, -0.05) is 0 Å². The SMILES string of the molecule is O=C(CC1CNC1)N1CCCC1c1ccc[nH]1. The van der Waals surface area contributed by atoms with Crippen LogP contribution in [-0.4, -0.2) is 35.4 Å². The molecule has 1 amide bonds. The molecule has 92 valence electrons. The van der Waals surface area contributed by atoms with Crippen molar-refractivity contribution in [1.29, 1.82) is 0 Å². The largest absolute Gasteiger partial charge is 0.363 e. The van der Waals surface area contributed by atoms with Gasteiger partial charge in [0.1, 0.15) is 0 Å². The number of amides is 1. The predicted octanol–water partition coefficient (Wildman–Crippen LogP) is 1.29. The lowest BCUT2D eigenvalue weighted by Gasteiger charge is -2.30. The van der Waals surface area contributed by atoms with Crippen LogP contribution in [0.5, 0.6) is 0 Å². The van der Waals surface area contributed by atoms with Crippen molar-refractivity contribution in [1.82, 2.24) is 15.2 Å². The van der Waals surface area contributed by atoms with Crippen molar-refractivity contribution in [2.75, 3.05) is 19.6 Å². The second-order valence-corrected chi connectivity index (χ2v) is 5.10. The summed E-state index contributed by atoms with van der Waals surface area (Å²) in [7, 11) is 0. The van der Waals surface area contributed by atoms with Crippen molar-refractivity contribution < 1.29 is 4.79 Å². The maximum Gasteiger partial charge on any atom is 0.223 e. The number of nitrogens with one attached hydrogen (secondary N) is 2. The van der Waals surface area contributed by atoms with Crippen LogP contribution in [0.3, 0.4) is 0 Å². The fraction of sp³-hybridized carbons (Fsp3) is 0.615. The first kappa shape index (κ1) is 10.8. The van der Waals surface area contributed by atoms with E-state index in [4.69, 9.17) is 0 Å². The number of aromatic amines is 1. The number of hydrogen-bond acceptors (Lipinski definition) is 2. The first-order valence-corrected chi connectivity index (χ1v) is 6.48. The van der Waals surface area contributed by atoms with Crippen molar-refractivity contribution in [2.45, 2.75) is 25.3 Å². The number of carbonyl (C=O) groups is 1. The summed E-state index contributed by atoms with van der Waals surface area (Å²) in [6.45, 7) is 2.93. The van der Waals surface area contributed by atoms with Crippen LogP contribution in [0.25, 0.3) is 0 Å². The molecular formula is C13H19N3O. The Labute approximate surface area is 101 Å². The highest BCUT2D eigenvalue weighted by Crippen LogP contribution is 2.32. The molecule has 1 unspecified atom stereocenters. The minimum atomic E-state index is 0.283. The summed E-state index contributed by atoms with van der Waals surface area (Å²) in [5.74, 6) is 0.890. The second kappa shape index (κ2) is 4.53. The van der Waals surface area contributed by atoms with Gasteiger partial charge in [0, 0.05) is 24.9 Å². The Kier molecular flexibility index (Phi) is 2.89. The number of likely N-dealkylation sites (tertiary alicyclic amines) is 1. The molecule has 3 heterocycles. The third-order valence-corrected chi connectivity index (χ3v) is 3.88. The van der Waals surface area contributed by atoms with E-state index in [0.717, 1.165) is 32.5 Å². The van der Waals surface area contributed by atoms with Crippen LogP contribution in [0.2, 0.25) is 0 Å². The van der Waals surface area contributed by atoms with Crippen LogP contribution in [0.15, 0.2) is 18.3 Å². The van der Waals surface area contributed by atoms with E-state index in [9.17, 15) is 4.79 Å². The Hall–Kier alpha value is -1.29.